The van der Waals surface area contributed by atoms with E-state index in [1.54, 1.807) is 12.1 Å². The van der Waals surface area contributed by atoms with Crippen molar-refractivity contribution in [1.82, 2.24) is 9.80 Å². The molecule has 0 saturated carbocycles. The number of rotatable bonds is 6. The molecule has 2 aromatic carbocycles. The quantitative estimate of drug-likeness (QED) is 0.819. The summed E-state index contributed by atoms with van der Waals surface area (Å²) >= 11 is 5.98. The number of benzene rings is 2. The summed E-state index contributed by atoms with van der Waals surface area (Å²) in [7, 11) is 0. The highest BCUT2D eigenvalue weighted by Gasteiger charge is 2.25. The maximum atomic E-state index is 12.5. The van der Waals surface area contributed by atoms with Gasteiger partial charge in [-0.25, -0.2) is 0 Å². The van der Waals surface area contributed by atoms with E-state index in [1.807, 2.05) is 37.3 Å². The Kier molecular flexibility index (Phi) is 7.04. The lowest BCUT2D eigenvalue weighted by molar-refractivity contribution is -0.121. The molecular formula is C22H26ClN3O. The lowest BCUT2D eigenvalue weighted by Crippen LogP contribution is -2.52. The number of nitrogens with one attached hydrogen (secondary N) is 1. The molecule has 1 saturated heterocycles. The SMILES string of the molecule is CC(C(=O)Nc1cccc(Cl)c1)N1CCN(C/C=C/c2ccccc2)CC1. The second-order valence-electron chi connectivity index (χ2n) is 6.83. The minimum absolute atomic E-state index is 0.00897. The van der Waals surface area contributed by atoms with Crippen LogP contribution in [-0.2, 0) is 4.79 Å². The molecule has 0 aliphatic carbocycles. The minimum atomic E-state index is -0.161. The molecule has 1 aliphatic rings. The van der Waals surface area contributed by atoms with E-state index < -0.39 is 0 Å². The maximum Gasteiger partial charge on any atom is 0.241 e. The zero-order valence-electron chi connectivity index (χ0n) is 15.6. The van der Waals surface area contributed by atoms with Crippen molar-refractivity contribution in [2.45, 2.75) is 13.0 Å². The Balaban J connectivity index is 1.44. The first-order chi connectivity index (χ1) is 13.1. The molecule has 0 bridgehead atoms. The van der Waals surface area contributed by atoms with Crippen LogP contribution in [0.5, 0.6) is 0 Å². The third kappa shape index (κ3) is 5.93. The van der Waals surface area contributed by atoms with Gasteiger partial charge in [0.15, 0.2) is 0 Å². The molecule has 4 nitrogen and oxygen atoms in total. The van der Waals surface area contributed by atoms with Crippen molar-refractivity contribution in [3.05, 3.63) is 71.3 Å². The summed E-state index contributed by atoms with van der Waals surface area (Å²) in [6.45, 7) is 6.62. The van der Waals surface area contributed by atoms with E-state index >= 15 is 0 Å². The van der Waals surface area contributed by atoms with Crippen LogP contribution in [0.25, 0.3) is 6.08 Å². The predicted octanol–water partition coefficient (Wildman–Crippen LogP) is 4.00. The highest BCUT2D eigenvalue weighted by atomic mass is 35.5. The lowest BCUT2D eigenvalue weighted by atomic mass is 10.2. The standard InChI is InChI=1S/C22H26ClN3O/c1-18(22(27)24-21-11-5-10-20(23)17-21)26-15-13-25(14-16-26)12-6-9-19-7-3-2-4-8-19/h2-11,17-18H,12-16H2,1H3,(H,24,27)/b9-6+. The first-order valence-electron chi connectivity index (χ1n) is 9.36. The first kappa shape index (κ1) is 19.6. The maximum absolute atomic E-state index is 12.5. The molecule has 1 fully saturated rings. The Morgan fingerprint density at radius 1 is 1.11 bits per heavy atom. The molecule has 3 rings (SSSR count). The highest BCUT2D eigenvalue weighted by Crippen LogP contribution is 2.16. The third-order valence-electron chi connectivity index (χ3n) is 4.90. The van der Waals surface area contributed by atoms with Crippen LogP contribution in [0.1, 0.15) is 12.5 Å². The molecule has 1 N–H and O–H groups in total. The molecule has 1 unspecified atom stereocenters. The van der Waals surface area contributed by atoms with Crippen LogP contribution in [-0.4, -0.2) is 54.5 Å². The summed E-state index contributed by atoms with van der Waals surface area (Å²) in [4.78, 5) is 17.2. The number of carbonyl (C=O) groups excluding carboxylic acids is 1. The number of anilines is 1. The van der Waals surface area contributed by atoms with Crippen molar-refractivity contribution in [1.29, 1.82) is 0 Å². The topological polar surface area (TPSA) is 35.6 Å². The van der Waals surface area contributed by atoms with E-state index in [2.05, 4.69) is 39.4 Å². The number of carbonyl (C=O) groups is 1. The minimum Gasteiger partial charge on any atom is -0.325 e. The van der Waals surface area contributed by atoms with Gasteiger partial charge in [0.25, 0.3) is 0 Å². The second-order valence-corrected chi connectivity index (χ2v) is 7.26. The van der Waals surface area contributed by atoms with Gasteiger partial charge in [0, 0.05) is 43.4 Å². The van der Waals surface area contributed by atoms with Gasteiger partial charge in [0.1, 0.15) is 0 Å². The average Bonchev–Trinajstić information content (AvgIpc) is 2.69. The Morgan fingerprint density at radius 3 is 2.56 bits per heavy atom. The van der Waals surface area contributed by atoms with Crippen LogP contribution < -0.4 is 5.32 Å². The Hall–Kier alpha value is -2.14. The van der Waals surface area contributed by atoms with Crippen molar-refractivity contribution in [3.63, 3.8) is 0 Å². The van der Waals surface area contributed by atoms with Crippen LogP contribution in [0.15, 0.2) is 60.7 Å². The van der Waals surface area contributed by atoms with Gasteiger partial charge in [-0.2, -0.15) is 0 Å². The molecule has 1 amide bonds. The molecule has 0 aromatic heterocycles. The highest BCUT2D eigenvalue weighted by molar-refractivity contribution is 6.30. The molecule has 0 spiro atoms. The fraction of sp³-hybridized carbons (Fsp3) is 0.318. The summed E-state index contributed by atoms with van der Waals surface area (Å²) < 4.78 is 0. The van der Waals surface area contributed by atoms with E-state index in [-0.39, 0.29) is 11.9 Å². The van der Waals surface area contributed by atoms with Crippen molar-refractivity contribution in [2.75, 3.05) is 38.0 Å². The van der Waals surface area contributed by atoms with Crippen LogP contribution >= 0.6 is 11.6 Å². The Bertz CT molecular complexity index is 770. The van der Waals surface area contributed by atoms with Crippen molar-refractivity contribution in [2.24, 2.45) is 0 Å². The number of hydrogen-bond acceptors (Lipinski definition) is 3. The van der Waals surface area contributed by atoms with E-state index in [4.69, 9.17) is 11.6 Å². The Morgan fingerprint density at radius 2 is 1.85 bits per heavy atom. The van der Waals surface area contributed by atoms with E-state index in [0.29, 0.717) is 5.02 Å². The van der Waals surface area contributed by atoms with Gasteiger partial charge in [0.2, 0.25) is 5.91 Å². The summed E-state index contributed by atoms with van der Waals surface area (Å²) in [6.07, 6.45) is 4.37. The third-order valence-corrected chi connectivity index (χ3v) is 5.13. The largest absolute Gasteiger partial charge is 0.325 e. The number of amides is 1. The van der Waals surface area contributed by atoms with E-state index in [9.17, 15) is 4.79 Å². The van der Waals surface area contributed by atoms with Crippen molar-refractivity contribution >= 4 is 29.3 Å². The van der Waals surface area contributed by atoms with Crippen LogP contribution in [0.2, 0.25) is 5.02 Å². The van der Waals surface area contributed by atoms with Crippen molar-refractivity contribution < 1.29 is 4.79 Å². The van der Waals surface area contributed by atoms with E-state index in [0.717, 1.165) is 38.4 Å². The molecule has 1 heterocycles. The summed E-state index contributed by atoms with van der Waals surface area (Å²) in [6, 6.07) is 17.4. The van der Waals surface area contributed by atoms with E-state index in [1.165, 1.54) is 5.56 Å². The van der Waals surface area contributed by atoms with Gasteiger partial charge in [-0.05, 0) is 30.7 Å². The zero-order chi connectivity index (χ0) is 19.1. The predicted molar refractivity (Wildman–Crippen MR) is 113 cm³/mol. The molecule has 27 heavy (non-hydrogen) atoms. The van der Waals surface area contributed by atoms with Gasteiger partial charge in [-0.15, -0.1) is 0 Å². The first-order valence-corrected chi connectivity index (χ1v) is 9.74. The summed E-state index contributed by atoms with van der Waals surface area (Å²) in [5, 5.41) is 3.58. The molecule has 142 valence electrons. The van der Waals surface area contributed by atoms with Crippen LogP contribution in [0, 0.1) is 0 Å². The second kappa shape index (κ2) is 9.70. The average molecular weight is 384 g/mol. The van der Waals surface area contributed by atoms with Gasteiger partial charge in [0.05, 0.1) is 6.04 Å². The summed E-state index contributed by atoms with van der Waals surface area (Å²) in [5.74, 6) is 0.00897. The van der Waals surface area contributed by atoms with Gasteiger partial charge >= 0.3 is 0 Å². The number of nitrogens with zero attached hydrogens (tertiary/aromatic N) is 2. The number of halogens is 1. The fourth-order valence-electron chi connectivity index (χ4n) is 3.21. The van der Waals surface area contributed by atoms with Crippen LogP contribution in [0.4, 0.5) is 5.69 Å². The summed E-state index contributed by atoms with van der Waals surface area (Å²) in [5.41, 5.74) is 1.96. The van der Waals surface area contributed by atoms with Gasteiger partial charge < -0.3 is 5.32 Å². The molecule has 1 atom stereocenters. The number of piperazine rings is 1. The molecule has 0 radical (unpaired) electrons. The lowest BCUT2D eigenvalue weighted by Gasteiger charge is -2.37. The van der Waals surface area contributed by atoms with Gasteiger partial charge in [-0.1, -0.05) is 60.2 Å². The smallest absolute Gasteiger partial charge is 0.241 e. The zero-order valence-corrected chi connectivity index (χ0v) is 16.4. The molecule has 1 aliphatic heterocycles. The Labute approximate surface area is 166 Å². The molecular weight excluding hydrogens is 358 g/mol. The number of hydrogen-bond donors (Lipinski definition) is 1. The fourth-order valence-corrected chi connectivity index (χ4v) is 3.40. The van der Waals surface area contributed by atoms with Crippen LogP contribution in [0.3, 0.4) is 0 Å². The van der Waals surface area contributed by atoms with Gasteiger partial charge in [-0.3, -0.25) is 14.6 Å². The normalized spacial score (nSPS) is 17.1. The monoisotopic (exact) mass is 383 g/mol. The van der Waals surface area contributed by atoms with Crippen molar-refractivity contribution in [3.8, 4) is 0 Å². The molecule has 5 heteroatoms. The molecule has 2 aromatic rings.